The lowest BCUT2D eigenvalue weighted by molar-refractivity contribution is -0.139. The van der Waals surface area contributed by atoms with Crippen LogP contribution in [0.25, 0.3) is 11.5 Å². The first kappa shape index (κ1) is 19.0. The molecule has 1 aliphatic carbocycles. The minimum Gasteiger partial charge on any atom is -0.377 e. The van der Waals surface area contributed by atoms with Gasteiger partial charge in [0.05, 0.1) is 31.4 Å². The molecule has 3 heterocycles. The van der Waals surface area contributed by atoms with Crippen LogP contribution in [0, 0.1) is 0 Å². The average Bonchev–Trinajstić information content (AvgIpc) is 3.43. The minimum absolute atomic E-state index is 0.0618. The molecule has 0 saturated carbocycles. The van der Waals surface area contributed by atoms with Gasteiger partial charge in [-0.05, 0) is 42.4 Å². The number of amides is 1. The third kappa shape index (κ3) is 3.75. The fraction of sp³-hybridized carbons (Fsp3) is 0.455. The summed E-state index contributed by atoms with van der Waals surface area (Å²) in [6.45, 7) is 1.40. The highest BCUT2D eigenvalue weighted by molar-refractivity contribution is 5.79. The first-order valence-corrected chi connectivity index (χ1v) is 10.5. The Morgan fingerprint density at radius 3 is 2.93 bits per heavy atom. The zero-order valence-corrected chi connectivity index (χ0v) is 17.1. The molecule has 2 aliphatic rings. The Labute approximate surface area is 174 Å². The number of nitrogens with zero attached hydrogens (tertiary/aromatic N) is 5. The second kappa shape index (κ2) is 8.02. The summed E-state index contributed by atoms with van der Waals surface area (Å²) in [5, 5.41) is 8.26. The topological polar surface area (TPSA) is 86.3 Å². The molecule has 8 heteroatoms. The highest BCUT2D eigenvalue weighted by Crippen LogP contribution is 2.27. The van der Waals surface area contributed by atoms with E-state index < -0.39 is 0 Å². The molecule has 1 aliphatic heterocycles. The number of hydrogen-bond acceptors (Lipinski definition) is 6. The van der Waals surface area contributed by atoms with Crippen molar-refractivity contribution in [1.29, 1.82) is 0 Å². The van der Waals surface area contributed by atoms with E-state index in [0.717, 1.165) is 24.0 Å². The van der Waals surface area contributed by atoms with Gasteiger partial charge in [-0.15, -0.1) is 0 Å². The van der Waals surface area contributed by atoms with Crippen LogP contribution in [0.3, 0.4) is 0 Å². The van der Waals surface area contributed by atoms with Crippen LogP contribution in [0.4, 0.5) is 0 Å². The number of carbonyl (C=O) groups is 1. The smallest absolute Gasteiger partial charge is 0.261 e. The van der Waals surface area contributed by atoms with E-state index in [4.69, 9.17) is 9.26 Å². The fourth-order valence-electron chi connectivity index (χ4n) is 4.31. The predicted octanol–water partition coefficient (Wildman–Crippen LogP) is 2.49. The molecule has 1 atom stereocenters. The molecular formula is C22H25N5O3. The zero-order valence-electron chi connectivity index (χ0n) is 17.1. The molecule has 0 spiro atoms. The second-order valence-electron chi connectivity index (χ2n) is 8.03. The van der Waals surface area contributed by atoms with E-state index in [1.165, 1.54) is 24.0 Å². The number of aromatic nitrogens is 4. The lowest BCUT2D eigenvalue weighted by Gasteiger charge is -2.33. The molecule has 0 bridgehead atoms. The van der Waals surface area contributed by atoms with Crippen molar-refractivity contribution in [2.24, 2.45) is 7.05 Å². The van der Waals surface area contributed by atoms with Gasteiger partial charge in [0.15, 0.2) is 5.82 Å². The number of carbonyl (C=O) groups excluding carboxylic acids is 1. The van der Waals surface area contributed by atoms with Crippen molar-refractivity contribution in [3.8, 4) is 11.5 Å². The Kier molecular flexibility index (Phi) is 5.08. The van der Waals surface area contributed by atoms with Crippen LogP contribution in [0.5, 0.6) is 0 Å². The highest BCUT2D eigenvalue weighted by atomic mass is 16.5. The summed E-state index contributed by atoms with van der Waals surface area (Å²) in [4.78, 5) is 19.5. The molecule has 8 nitrogen and oxygen atoms in total. The maximum Gasteiger partial charge on any atom is 0.261 e. The molecule has 2 aromatic heterocycles. The highest BCUT2D eigenvalue weighted by Gasteiger charge is 2.32. The van der Waals surface area contributed by atoms with Gasteiger partial charge in [-0.1, -0.05) is 23.4 Å². The van der Waals surface area contributed by atoms with Gasteiger partial charge in [0.25, 0.3) is 5.89 Å². The molecule has 0 N–H and O–H groups in total. The molecule has 1 saturated heterocycles. The summed E-state index contributed by atoms with van der Waals surface area (Å²) in [5.74, 6) is 0.921. The molecule has 156 valence electrons. The van der Waals surface area contributed by atoms with Crippen molar-refractivity contribution >= 4 is 5.91 Å². The second-order valence-corrected chi connectivity index (χ2v) is 8.03. The maximum atomic E-state index is 13.2. The Morgan fingerprint density at radius 2 is 2.10 bits per heavy atom. The van der Waals surface area contributed by atoms with E-state index in [9.17, 15) is 4.79 Å². The molecule has 1 unspecified atom stereocenters. The average molecular weight is 407 g/mol. The van der Waals surface area contributed by atoms with Crippen LogP contribution < -0.4 is 0 Å². The molecule has 1 aromatic carbocycles. The third-order valence-electron chi connectivity index (χ3n) is 5.91. The Hall–Kier alpha value is -3.00. The van der Waals surface area contributed by atoms with E-state index in [1.54, 1.807) is 10.9 Å². The van der Waals surface area contributed by atoms with Gasteiger partial charge in [0.2, 0.25) is 5.91 Å². The molecular weight excluding hydrogens is 382 g/mol. The maximum absolute atomic E-state index is 13.2. The first-order chi connectivity index (χ1) is 14.7. The van der Waals surface area contributed by atoms with Gasteiger partial charge >= 0.3 is 0 Å². The number of morpholine rings is 1. The first-order valence-electron chi connectivity index (χ1n) is 10.5. The Balaban J connectivity index is 1.34. The van der Waals surface area contributed by atoms with Gasteiger partial charge in [0, 0.05) is 19.8 Å². The molecule has 1 fully saturated rings. The molecule has 1 amide bonds. The van der Waals surface area contributed by atoms with E-state index in [0.29, 0.717) is 37.9 Å². The van der Waals surface area contributed by atoms with Gasteiger partial charge in [-0.25, -0.2) is 0 Å². The normalized spacial score (nSPS) is 19.0. The standard InChI is InChI=1S/C22H25N5O3/c1-26-13-18(12-23-26)22-24-21(25-30-22)19-14-29-9-8-27(19)20(28)11-15-6-7-16-4-2-3-5-17(16)10-15/h6-7,10,12-13,19H,2-5,8-9,11,14H2,1H3. The SMILES string of the molecule is Cn1cc(-c2nc(C3COCCN3C(=O)Cc3ccc4c(c3)CCCC4)no2)cn1. The minimum atomic E-state index is -0.349. The summed E-state index contributed by atoms with van der Waals surface area (Å²) in [6.07, 6.45) is 8.60. The number of hydrogen-bond donors (Lipinski definition) is 0. The summed E-state index contributed by atoms with van der Waals surface area (Å²) >= 11 is 0. The lowest BCUT2D eigenvalue weighted by Crippen LogP contribution is -2.44. The van der Waals surface area contributed by atoms with E-state index in [1.807, 2.05) is 18.1 Å². The number of benzene rings is 1. The van der Waals surface area contributed by atoms with Crippen LogP contribution in [-0.2, 0) is 35.8 Å². The van der Waals surface area contributed by atoms with Crippen molar-refractivity contribution in [2.45, 2.75) is 38.1 Å². The lowest BCUT2D eigenvalue weighted by atomic mass is 9.90. The van der Waals surface area contributed by atoms with E-state index in [2.05, 4.69) is 33.4 Å². The van der Waals surface area contributed by atoms with Crippen molar-refractivity contribution in [1.82, 2.24) is 24.8 Å². The predicted molar refractivity (Wildman–Crippen MR) is 109 cm³/mol. The monoisotopic (exact) mass is 407 g/mol. The number of rotatable bonds is 4. The molecule has 5 rings (SSSR count). The van der Waals surface area contributed by atoms with Crippen molar-refractivity contribution < 1.29 is 14.1 Å². The summed E-state index contributed by atoms with van der Waals surface area (Å²) < 4.78 is 12.7. The quantitative estimate of drug-likeness (QED) is 0.661. The van der Waals surface area contributed by atoms with Crippen LogP contribution in [0.2, 0.25) is 0 Å². The molecule has 0 radical (unpaired) electrons. The van der Waals surface area contributed by atoms with Crippen molar-refractivity contribution in [3.63, 3.8) is 0 Å². The Morgan fingerprint density at radius 1 is 1.23 bits per heavy atom. The summed E-state index contributed by atoms with van der Waals surface area (Å²) in [5.41, 5.74) is 4.63. The number of fused-ring (bicyclic) bond motifs is 1. The number of ether oxygens (including phenoxy) is 1. The van der Waals surface area contributed by atoms with Gasteiger partial charge in [0.1, 0.15) is 6.04 Å². The third-order valence-corrected chi connectivity index (χ3v) is 5.91. The zero-order chi connectivity index (χ0) is 20.5. The van der Waals surface area contributed by atoms with Crippen LogP contribution >= 0.6 is 0 Å². The molecule has 3 aromatic rings. The van der Waals surface area contributed by atoms with Gasteiger partial charge in [-0.2, -0.15) is 10.1 Å². The van der Waals surface area contributed by atoms with Crippen LogP contribution in [0.1, 0.15) is 41.4 Å². The fourth-order valence-corrected chi connectivity index (χ4v) is 4.31. The Bertz CT molecular complexity index is 1060. The van der Waals surface area contributed by atoms with Gasteiger partial charge < -0.3 is 14.2 Å². The van der Waals surface area contributed by atoms with Crippen molar-refractivity contribution in [3.05, 3.63) is 53.1 Å². The van der Waals surface area contributed by atoms with E-state index in [-0.39, 0.29) is 11.9 Å². The number of aryl methyl sites for hydroxylation is 3. The summed E-state index contributed by atoms with van der Waals surface area (Å²) in [6, 6.07) is 6.13. The van der Waals surface area contributed by atoms with Crippen LogP contribution in [-0.4, -0.2) is 50.5 Å². The van der Waals surface area contributed by atoms with E-state index >= 15 is 0 Å². The molecule has 30 heavy (non-hydrogen) atoms. The largest absolute Gasteiger partial charge is 0.377 e. The summed E-state index contributed by atoms with van der Waals surface area (Å²) in [7, 11) is 1.83. The van der Waals surface area contributed by atoms with Crippen LogP contribution in [0.15, 0.2) is 35.1 Å². The van der Waals surface area contributed by atoms with Gasteiger partial charge in [-0.3, -0.25) is 9.48 Å². The van der Waals surface area contributed by atoms with Crippen molar-refractivity contribution in [2.75, 3.05) is 19.8 Å².